The molecule has 0 aliphatic carbocycles. The first-order valence-electron chi connectivity index (χ1n) is 6.41. The molecule has 0 fully saturated rings. The van der Waals surface area contributed by atoms with Crippen LogP contribution >= 0.6 is 31.9 Å². The number of nitrogens with zero attached hydrogens (tertiary/aromatic N) is 1. The first-order valence-corrected chi connectivity index (χ1v) is 8.00. The molecule has 0 spiro atoms. The molecule has 0 unspecified atom stereocenters. The number of hydrogen-bond acceptors (Lipinski definition) is 2. The molecule has 0 atom stereocenters. The molecule has 0 saturated heterocycles. The van der Waals surface area contributed by atoms with E-state index < -0.39 is 0 Å². The second kappa shape index (κ2) is 6.00. The molecule has 1 heterocycles. The van der Waals surface area contributed by atoms with Crippen molar-refractivity contribution in [2.75, 3.05) is 5.73 Å². The molecule has 2 aromatic carbocycles. The molecular formula is C17H12Br2N2. The zero-order valence-corrected chi connectivity index (χ0v) is 14.2. The number of halogens is 2. The van der Waals surface area contributed by atoms with E-state index in [4.69, 9.17) is 5.73 Å². The minimum Gasteiger partial charge on any atom is -0.397 e. The quantitative estimate of drug-likeness (QED) is 0.572. The van der Waals surface area contributed by atoms with Crippen molar-refractivity contribution in [3.8, 4) is 0 Å². The van der Waals surface area contributed by atoms with Gasteiger partial charge in [-0.3, -0.25) is 4.98 Å². The minimum absolute atomic E-state index is 0.710. The Morgan fingerprint density at radius 2 is 1.67 bits per heavy atom. The van der Waals surface area contributed by atoms with Gasteiger partial charge in [0.1, 0.15) is 0 Å². The van der Waals surface area contributed by atoms with Gasteiger partial charge in [-0.05, 0) is 67.3 Å². The summed E-state index contributed by atoms with van der Waals surface area (Å²) in [6.45, 7) is 0. The number of aromatic nitrogens is 1. The van der Waals surface area contributed by atoms with E-state index in [0.29, 0.717) is 5.69 Å². The third-order valence-corrected chi connectivity index (χ3v) is 4.55. The molecular weight excluding hydrogens is 392 g/mol. The van der Waals surface area contributed by atoms with E-state index in [-0.39, 0.29) is 0 Å². The number of anilines is 1. The summed E-state index contributed by atoms with van der Waals surface area (Å²) in [5, 5.41) is 1.14. The van der Waals surface area contributed by atoms with Crippen molar-refractivity contribution in [3.63, 3.8) is 0 Å². The van der Waals surface area contributed by atoms with Crippen molar-refractivity contribution >= 4 is 60.6 Å². The van der Waals surface area contributed by atoms with Gasteiger partial charge in [0.2, 0.25) is 0 Å². The first-order chi connectivity index (χ1) is 10.1. The van der Waals surface area contributed by atoms with E-state index in [1.165, 1.54) is 0 Å². The summed E-state index contributed by atoms with van der Waals surface area (Å²) in [5.74, 6) is 0. The number of para-hydroxylation sites is 1. The largest absolute Gasteiger partial charge is 0.397 e. The summed E-state index contributed by atoms with van der Waals surface area (Å²) in [7, 11) is 0. The number of rotatable bonds is 2. The maximum Gasteiger partial charge on any atom is 0.0707 e. The Hall–Kier alpha value is -1.65. The van der Waals surface area contributed by atoms with Crippen LogP contribution in [0.1, 0.15) is 11.1 Å². The number of hydrogen-bond donors (Lipinski definition) is 1. The first kappa shape index (κ1) is 14.3. The van der Waals surface area contributed by atoms with Gasteiger partial charge in [0.25, 0.3) is 0 Å². The fourth-order valence-electron chi connectivity index (χ4n) is 2.15. The highest BCUT2D eigenvalue weighted by Crippen LogP contribution is 2.30. The van der Waals surface area contributed by atoms with Crippen LogP contribution in [-0.2, 0) is 0 Å². The lowest BCUT2D eigenvalue weighted by Crippen LogP contribution is -1.89. The molecule has 0 aliphatic rings. The number of nitrogens with two attached hydrogens (primary N) is 1. The van der Waals surface area contributed by atoms with Gasteiger partial charge in [-0.25, -0.2) is 0 Å². The van der Waals surface area contributed by atoms with Crippen LogP contribution in [0.5, 0.6) is 0 Å². The fraction of sp³-hybridized carbons (Fsp3) is 0. The molecule has 0 amide bonds. The molecule has 0 radical (unpaired) electrons. The Balaban J connectivity index is 2.02. The SMILES string of the molecule is Nc1c(Br)cc(C=Cc2ccnc3ccccc23)cc1Br. The highest BCUT2D eigenvalue weighted by molar-refractivity contribution is 9.11. The Morgan fingerprint density at radius 3 is 2.43 bits per heavy atom. The maximum atomic E-state index is 5.91. The second-order valence-electron chi connectivity index (χ2n) is 4.65. The normalized spacial score (nSPS) is 11.3. The van der Waals surface area contributed by atoms with Gasteiger partial charge in [-0.15, -0.1) is 0 Å². The van der Waals surface area contributed by atoms with Crippen LogP contribution in [0.3, 0.4) is 0 Å². The summed E-state index contributed by atoms with van der Waals surface area (Å²) in [6, 6.07) is 14.1. The smallest absolute Gasteiger partial charge is 0.0707 e. The van der Waals surface area contributed by atoms with E-state index in [1.807, 2.05) is 42.6 Å². The molecule has 0 aliphatic heterocycles. The molecule has 3 aromatic rings. The average Bonchev–Trinajstić information content (AvgIpc) is 2.50. The third kappa shape index (κ3) is 3.01. The van der Waals surface area contributed by atoms with Crippen molar-refractivity contribution in [3.05, 3.63) is 68.7 Å². The van der Waals surface area contributed by atoms with Crippen LogP contribution in [-0.4, -0.2) is 4.98 Å². The number of fused-ring (bicyclic) bond motifs is 1. The van der Waals surface area contributed by atoms with Gasteiger partial charge < -0.3 is 5.73 Å². The molecule has 0 bridgehead atoms. The van der Waals surface area contributed by atoms with Crippen LogP contribution in [0.2, 0.25) is 0 Å². The molecule has 0 saturated carbocycles. The van der Waals surface area contributed by atoms with E-state index >= 15 is 0 Å². The summed E-state index contributed by atoms with van der Waals surface area (Å²) in [5.41, 5.74) is 9.83. The molecule has 4 heteroatoms. The highest BCUT2D eigenvalue weighted by atomic mass is 79.9. The zero-order valence-electron chi connectivity index (χ0n) is 11.1. The summed E-state index contributed by atoms with van der Waals surface area (Å²) in [6.07, 6.45) is 5.99. The molecule has 21 heavy (non-hydrogen) atoms. The standard InChI is InChI=1S/C17H12Br2N2/c18-14-9-11(10-15(19)17(14)20)5-6-12-7-8-21-16-4-2-1-3-13(12)16/h1-10H,20H2. The molecule has 1 aromatic heterocycles. The van der Waals surface area contributed by atoms with Gasteiger partial charge in [-0.2, -0.15) is 0 Å². The topological polar surface area (TPSA) is 38.9 Å². The van der Waals surface area contributed by atoms with Gasteiger partial charge in [0, 0.05) is 20.5 Å². The van der Waals surface area contributed by atoms with Gasteiger partial charge in [0.05, 0.1) is 11.2 Å². The second-order valence-corrected chi connectivity index (χ2v) is 6.36. The lowest BCUT2D eigenvalue weighted by molar-refractivity contribution is 1.41. The van der Waals surface area contributed by atoms with Crippen molar-refractivity contribution < 1.29 is 0 Å². The van der Waals surface area contributed by atoms with E-state index in [1.54, 1.807) is 0 Å². The van der Waals surface area contributed by atoms with Crippen LogP contribution in [0.25, 0.3) is 23.1 Å². The van der Waals surface area contributed by atoms with Crippen LogP contribution in [0.15, 0.2) is 57.6 Å². The van der Waals surface area contributed by atoms with Crippen molar-refractivity contribution in [1.82, 2.24) is 4.98 Å². The predicted octanol–water partition coefficient (Wildman–Crippen LogP) is 5.51. The predicted molar refractivity (Wildman–Crippen MR) is 96.9 cm³/mol. The average molecular weight is 404 g/mol. The van der Waals surface area contributed by atoms with E-state index in [0.717, 1.165) is 31.0 Å². The summed E-state index contributed by atoms with van der Waals surface area (Å²) in [4.78, 5) is 4.37. The lowest BCUT2D eigenvalue weighted by atomic mass is 10.1. The number of pyridine rings is 1. The molecule has 2 N–H and O–H groups in total. The zero-order chi connectivity index (χ0) is 14.8. The molecule has 104 valence electrons. The minimum atomic E-state index is 0.710. The van der Waals surface area contributed by atoms with Crippen molar-refractivity contribution in [2.45, 2.75) is 0 Å². The van der Waals surface area contributed by atoms with E-state index in [9.17, 15) is 0 Å². The Morgan fingerprint density at radius 1 is 0.952 bits per heavy atom. The van der Waals surface area contributed by atoms with Crippen LogP contribution in [0.4, 0.5) is 5.69 Å². The highest BCUT2D eigenvalue weighted by Gasteiger charge is 2.03. The fourth-order valence-corrected chi connectivity index (χ4v) is 3.37. The Kier molecular flexibility index (Phi) is 4.08. The Labute approximate surface area is 140 Å². The van der Waals surface area contributed by atoms with Gasteiger partial charge in [0.15, 0.2) is 0 Å². The van der Waals surface area contributed by atoms with E-state index in [2.05, 4.69) is 55.1 Å². The van der Waals surface area contributed by atoms with Gasteiger partial charge in [-0.1, -0.05) is 30.4 Å². The number of benzene rings is 2. The van der Waals surface area contributed by atoms with Crippen molar-refractivity contribution in [1.29, 1.82) is 0 Å². The molecule has 3 rings (SSSR count). The summed E-state index contributed by atoms with van der Waals surface area (Å²) < 4.78 is 1.77. The van der Waals surface area contributed by atoms with Gasteiger partial charge >= 0.3 is 0 Å². The van der Waals surface area contributed by atoms with Crippen LogP contribution in [0, 0.1) is 0 Å². The van der Waals surface area contributed by atoms with Crippen molar-refractivity contribution in [2.24, 2.45) is 0 Å². The third-order valence-electron chi connectivity index (χ3n) is 3.24. The van der Waals surface area contributed by atoms with Crippen LogP contribution < -0.4 is 5.73 Å². The molecule has 2 nitrogen and oxygen atoms in total. The maximum absolute atomic E-state index is 5.91. The summed E-state index contributed by atoms with van der Waals surface area (Å²) >= 11 is 6.93. The Bertz CT molecular complexity index is 813. The number of nitrogen functional groups attached to an aromatic ring is 1. The lowest BCUT2D eigenvalue weighted by Gasteiger charge is -2.04. The monoisotopic (exact) mass is 402 g/mol.